The van der Waals surface area contributed by atoms with Crippen molar-refractivity contribution in [1.82, 2.24) is 30.1 Å². The van der Waals surface area contributed by atoms with Crippen molar-refractivity contribution >= 4 is 10.9 Å². The molecule has 1 N–H and O–H groups in total. The number of hydrogen-bond donors (Lipinski definition) is 1. The molecular formula is C28H42N6O. The highest BCUT2D eigenvalue weighted by molar-refractivity contribution is 5.80. The van der Waals surface area contributed by atoms with Gasteiger partial charge in [0.1, 0.15) is 0 Å². The third kappa shape index (κ3) is 5.20. The summed E-state index contributed by atoms with van der Waals surface area (Å²) >= 11 is 0. The van der Waals surface area contributed by atoms with Crippen LogP contribution >= 0.6 is 0 Å². The topological polar surface area (TPSA) is 79.7 Å². The smallest absolute Gasteiger partial charge is 0.252 e. The van der Waals surface area contributed by atoms with Gasteiger partial charge >= 0.3 is 0 Å². The van der Waals surface area contributed by atoms with Crippen molar-refractivity contribution in [2.75, 3.05) is 0 Å². The summed E-state index contributed by atoms with van der Waals surface area (Å²) in [7, 11) is 0. The number of benzene rings is 1. The van der Waals surface area contributed by atoms with Crippen molar-refractivity contribution in [3.05, 3.63) is 51.1 Å². The van der Waals surface area contributed by atoms with Gasteiger partial charge in [-0.3, -0.25) is 9.69 Å². The van der Waals surface area contributed by atoms with E-state index in [4.69, 9.17) is 0 Å². The first kappa shape index (κ1) is 25.5. The SMILES string of the molecule is CCC(C)(C)n1nnnc1[C@H](C(C)C)N(Cc1cc2cc(C)c(C)cc2[nH]c1=O)C1CCCCC1. The van der Waals surface area contributed by atoms with Gasteiger partial charge in [-0.2, -0.15) is 0 Å². The summed E-state index contributed by atoms with van der Waals surface area (Å²) in [6, 6.07) is 6.77. The van der Waals surface area contributed by atoms with Gasteiger partial charge in [0.25, 0.3) is 5.56 Å². The quantitative estimate of drug-likeness (QED) is 0.442. The molecule has 0 saturated heterocycles. The molecule has 0 radical (unpaired) electrons. The molecule has 1 atom stereocenters. The van der Waals surface area contributed by atoms with Gasteiger partial charge in [0.15, 0.2) is 5.82 Å². The summed E-state index contributed by atoms with van der Waals surface area (Å²) in [6.45, 7) is 15.8. The minimum Gasteiger partial charge on any atom is -0.322 e. The highest BCUT2D eigenvalue weighted by Gasteiger charge is 2.37. The molecule has 0 bridgehead atoms. The van der Waals surface area contributed by atoms with Crippen LogP contribution in [0.15, 0.2) is 23.0 Å². The van der Waals surface area contributed by atoms with E-state index in [1.54, 1.807) is 0 Å². The van der Waals surface area contributed by atoms with Crippen molar-refractivity contribution < 1.29 is 0 Å². The summed E-state index contributed by atoms with van der Waals surface area (Å²) < 4.78 is 2.02. The van der Waals surface area contributed by atoms with Crippen LogP contribution in [0.4, 0.5) is 0 Å². The lowest BCUT2D eigenvalue weighted by Gasteiger charge is -2.42. The van der Waals surface area contributed by atoms with Crippen LogP contribution in [0.2, 0.25) is 0 Å². The molecule has 4 rings (SSSR count). The van der Waals surface area contributed by atoms with E-state index in [9.17, 15) is 4.79 Å². The highest BCUT2D eigenvalue weighted by Crippen LogP contribution is 2.36. The van der Waals surface area contributed by atoms with Crippen LogP contribution < -0.4 is 5.56 Å². The molecule has 1 aromatic carbocycles. The molecular weight excluding hydrogens is 436 g/mol. The normalized spacial score (nSPS) is 16.5. The zero-order valence-electron chi connectivity index (χ0n) is 22.6. The Morgan fingerprint density at radius 1 is 1.11 bits per heavy atom. The lowest BCUT2D eigenvalue weighted by Crippen LogP contribution is -2.44. The zero-order chi connectivity index (χ0) is 25.3. The van der Waals surface area contributed by atoms with Crippen LogP contribution in [0.1, 0.15) is 102 Å². The Kier molecular flexibility index (Phi) is 7.46. The molecule has 1 aliphatic carbocycles. The van der Waals surface area contributed by atoms with Crippen LogP contribution in [0.5, 0.6) is 0 Å². The van der Waals surface area contributed by atoms with Crippen LogP contribution in [0.3, 0.4) is 0 Å². The fraction of sp³-hybridized carbons (Fsp3) is 0.643. The fourth-order valence-corrected chi connectivity index (χ4v) is 5.49. The maximum absolute atomic E-state index is 13.3. The minimum absolute atomic E-state index is 0.00227. The summed E-state index contributed by atoms with van der Waals surface area (Å²) in [4.78, 5) is 19.0. The second-order valence-electron chi connectivity index (χ2n) is 11.4. The van der Waals surface area contributed by atoms with E-state index in [0.717, 1.165) is 41.6 Å². The lowest BCUT2D eigenvalue weighted by molar-refractivity contribution is 0.0572. The number of rotatable bonds is 8. The van der Waals surface area contributed by atoms with Crippen molar-refractivity contribution in [3.8, 4) is 0 Å². The minimum atomic E-state index is -0.181. The molecule has 3 aromatic rings. The number of aryl methyl sites for hydroxylation is 2. The number of hydrogen-bond acceptors (Lipinski definition) is 5. The number of aromatic nitrogens is 5. The van der Waals surface area contributed by atoms with Gasteiger partial charge in [0.2, 0.25) is 0 Å². The molecule has 190 valence electrons. The van der Waals surface area contributed by atoms with E-state index in [1.165, 1.54) is 30.4 Å². The molecule has 2 heterocycles. The Hall–Kier alpha value is -2.54. The maximum Gasteiger partial charge on any atom is 0.252 e. The van der Waals surface area contributed by atoms with E-state index < -0.39 is 0 Å². The molecule has 7 heteroatoms. The molecule has 1 aliphatic rings. The number of aromatic amines is 1. The molecule has 0 aliphatic heterocycles. The Morgan fingerprint density at radius 2 is 1.80 bits per heavy atom. The van der Waals surface area contributed by atoms with Gasteiger partial charge < -0.3 is 4.98 Å². The van der Waals surface area contributed by atoms with Gasteiger partial charge in [0, 0.05) is 23.7 Å². The molecule has 35 heavy (non-hydrogen) atoms. The van der Waals surface area contributed by atoms with Crippen LogP contribution in [0, 0.1) is 19.8 Å². The Morgan fingerprint density at radius 3 is 2.46 bits per heavy atom. The largest absolute Gasteiger partial charge is 0.322 e. The van der Waals surface area contributed by atoms with Gasteiger partial charge in [-0.05, 0) is 98.0 Å². The third-order valence-electron chi connectivity index (χ3n) is 8.12. The fourth-order valence-electron chi connectivity index (χ4n) is 5.49. The molecule has 0 amide bonds. The van der Waals surface area contributed by atoms with Crippen LogP contribution in [0.25, 0.3) is 10.9 Å². The summed E-state index contributed by atoms with van der Waals surface area (Å²) in [5.41, 5.74) is 3.96. The van der Waals surface area contributed by atoms with Crippen LogP contribution in [-0.4, -0.2) is 36.1 Å². The maximum atomic E-state index is 13.3. The molecule has 0 unspecified atom stereocenters. The van der Waals surface area contributed by atoms with Crippen LogP contribution in [-0.2, 0) is 12.1 Å². The second kappa shape index (κ2) is 10.2. The van der Waals surface area contributed by atoms with Crippen molar-refractivity contribution in [2.45, 2.75) is 111 Å². The molecule has 2 aromatic heterocycles. The Bertz CT molecular complexity index is 1220. The number of H-pyrrole nitrogens is 1. The first-order valence-corrected chi connectivity index (χ1v) is 13.3. The Labute approximate surface area is 209 Å². The van der Waals surface area contributed by atoms with E-state index in [-0.39, 0.29) is 17.1 Å². The highest BCUT2D eigenvalue weighted by atomic mass is 16.1. The molecule has 0 spiro atoms. The van der Waals surface area contributed by atoms with E-state index in [1.807, 2.05) is 4.68 Å². The van der Waals surface area contributed by atoms with E-state index in [0.29, 0.717) is 18.5 Å². The first-order valence-electron chi connectivity index (χ1n) is 13.3. The predicted molar refractivity (Wildman–Crippen MR) is 141 cm³/mol. The summed E-state index contributed by atoms with van der Waals surface area (Å²) in [5, 5.41) is 14.2. The standard InChI is InChI=1S/C28H42N6O/c1-8-28(6,7)34-26(30-31-32-34)25(18(2)3)33(23-12-10-9-11-13-23)17-22-16-21-14-19(4)20(5)15-24(21)29-27(22)35/h14-16,18,23,25H,8-13,17H2,1-7H3,(H,29,35)/t25-/m0/s1. The average Bonchev–Trinajstić information content (AvgIpc) is 3.31. The lowest BCUT2D eigenvalue weighted by atomic mass is 9.89. The van der Waals surface area contributed by atoms with Gasteiger partial charge in [0.05, 0.1) is 11.6 Å². The van der Waals surface area contributed by atoms with Gasteiger partial charge in [-0.25, -0.2) is 4.68 Å². The number of nitrogens with one attached hydrogen (secondary N) is 1. The third-order valence-corrected chi connectivity index (χ3v) is 8.12. The molecule has 7 nitrogen and oxygen atoms in total. The summed E-state index contributed by atoms with van der Waals surface area (Å²) in [5.74, 6) is 1.19. The van der Waals surface area contributed by atoms with Gasteiger partial charge in [-0.1, -0.05) is 40.0 Å². The number of pyridine rings is 1. The number of nitrogens with zero attached hydrogens (tertiary/aromatic N) is 5. The predicted octanol–water partition coefficient (Wildman–Crippen LogP) is 5.81. The summed E-state index contributed by atoms with van der Waals surface area (Å²) in [6.07, 6.45) is 6.96. The van der Waals surface area contributed by atoms with E-state index in [2.05, 4.69) is 92.1 Å². The number of tetrazole rings is 1. The van der Waals surface area contributed by atoms with Gasteiger partial charge in [-0.15, -0.1) is 5.10 Å². The first-order chi connectivity index (χ1) is 16.6. The zero-order valence-corrected chi connectivity index (χ0v) is 22.6. The van der Waals surface area contributed by atoms with Crippen molar-refractivity contribution in [2.24, 2.45) is 5.92 Å². The molecule has 1 fully saturated rings. The average molecular weight is 479 g/mol. The van der Waals surface area contributed by atoms with Crippen molar-refractivity contribution in [3.63, 3.8) is 0 Å². The number of fused-ring (bicyclic) bond motifs is 1. The van der Waals surface area contributed by atoms with Crippen molar-refractivity contribution in [1.29, 1.82) is 0 Å². The molecule has 1 saturated carbocycles. The van der Waals surface area contributed by atoms with E-state index >= 15 is 0 Å². The Balaban J connectivity index is 1.80. The second-order valence-corrected chi connectivity index (χ2v) is 11.4. The monoisotopic (exact) mass is 478 g/mol.